The molecular formula is C24H27N7O2. The SMILES string of the molecule is CCCCNc1nc(N)c2nc(OC(=O)c3ccc(C)cc3)n(Cc3ccc(C)nc3)c2n1. The lowest BCUT2D eigenvalue weighted by atomic mass is 10.1. The molecule has 0 unspecified atom stereocenters. The van der Waals surface area contributed by atoms with E-state index in [9.17, 15) is 4.79 Å². The predicted molar refractivity (Wildman–Crippen MR) is 127 cm³/mol. The molecule has 0 aliphatic carbocycles. The van der Waals surface area contributed by atoms with Gasteiger partial charge in [0, 0.05) is 18.4 Å². The summed E-state index contributed by atoms with van der Waals surface area (Å²) < 4.78 is 7.41. The normalized spacial score (nSPS) is 11.0. The number of pyridine rings is 1. The summed E-state index contributed by atoms with van der Waals surface area (Å²) in [5.41, 5.74) is 10.4. The largest absolute Gasteiger partial charge is 0.388 e. The van der Waals surface area contributed by atoms with Crippen LogP contribution in [0.25, 0.3) is 11.2 Å². The highest BCUT2D eigenvalue weighted by atomic mass is 16.5. The third-order valence-corrected chi connectivity index (χ3v) is 5.18. The maximum Gasteiger partial charge on any atom is 0.345 e. The molecule has 9 nitrogen and oxygen atoms in total. The zero-order chi connectivity index (χ0) is 23.4. The van der Waals surface area contributed by atoms with Crippen molar-refractivity contribution in [1.29, 1.82) is 0 Å². The first-order chi connectivity index (χ1) is 15.9. The number of benzene rings is 1. The lowest BCUT2D eigenvalue weighted by molar-refractivity contribution is 0.0714. The number of nitrogens with two attached hydrogens (primary N) is 1. The summed E-state index contributed by atoms with van der Waals surface area (Å²) in [6.07, 6.45) is 3.80. The second-order valence-electron chi connectivity index (χ2n) is 7.93. The Morgan fingerprint density at radius 3 is 2.58 bits per heavy atom. The summed E-state index contributed by atoms with van der Waals surface area (Å²) >= 11 is 0. The standard InChI is InChI=1S/C24H27N7O2/c1-4-5-12-26-23-29-20(25)19-21(30-23)31(14-17-9-8-16(3)27-13-17)24(28-19)33-22(32)18-10-6-15(2)7-11-18/h6-11,13H,4-5,12,14H2,1-3H3,(H3,25,26,29,30). The van der Waals surface area contributed by atoms with Crippen molar-refractivity contribution >= 4 is 28.9 Å². The van der Waals surface area contributed by atoms with Crippen molar-refractivity contribution in [3.63, 3.8) is 0 Å². The molecule has 0 amide bonds. The molecule has 0 fully saturated rings. The number of anilines is 2. The number of fused-ring (bicyclic) bond motifs is 1. The quantitative estimate of drug-likeness (QED) is 0.309. The van der Waals surface area contributed by atoms with Gasteiger partial charge in [-0.25, -0.2) is 4.79 Å². The number of aryl methyl sites for hydroxylation is 2. The number of hydrogen-bond donors (Lipinski definition) is 2. The van der Waals surface area contributed by atoms with Gasteiger partial charge in [0.2, 0.25) is 5.95 Å². The Hall–Kier alpha value is -4.01. The summed E-state index contributed by atoms with van der Waals surface area (Å²) in [7, 11) is 0. The van der Waals surface area contributed by atoms with Gasteiger partial charge in [-0.3, -0.25) is 9.55 Å². The maximum absolute atomic E-state index is 12.8. The highest BCUT2D eigenvalue weighted by molar-refractivity contribution is 5.91. The number of esters is 1. The molecule has 3 heterocycles. The Bertz CT molecular complexity index is 1260. The molecule has 4 aromatic rings. The molecule has 0 saturated carbocycles. The third kappa shape index (κ3) is 5.08. The van der Waals surface area contributed by atoms with E-state index in [1.165, 1.54) is 0 Å². The maximum atomic E-state index is 12.8. The second-order valence-corrected chi connectivity index (χ2v) is 7.93. The van der Waals surface area contributed by atoms with E-state index in [-0.39, 0.29) is 11.8 Å². The molecule has 33 heavy (non-hydrogen) atoms. The van der Waals surface area contributed by atoms with Gasteiger partial charge in [0.25, 0.3) is 0 Å². The fourth-order valence-corrected chi connectivity index (χ4v) is 3.28. The van der Waals surface area contributed by atoms with Crippen LogP contribution in [0.2, 0.25) is 0 Å². The van der Waals surface area contributed by atoms with Crippen LogP contribution in [0.5, 0.6) is 6.01 Å². The Morgan fingerprint density at radius 1 is 1.09 bits per heavy atom. The van der Waals surface area contributed by atoms with E-state index in [4.69, 9.17) is 10.5 Å². The monoisotopic (exact) mass is 445 g/mol. The topological polar surface area (TPSA) is 121 Å². The second kappa shape index (κ2) is 9.64. The van der Waals surface area contributed by atoms with Gasteiger partial charge in [-0.2, -0.15) is 15.0 Å². The van der Waals surface area contributed by atoms with Crippen molar-refractivity contribution in [2.24, 2.45) is 0 Å². The minimum atomic E-state index is -0.513. The third-order valence-electron chi connectivity index (χ3n) is 5.18. The van der Waals surface area contributed by atoms with Gasteiger partial charge in [-0.15, -0.1) is 0 Å². The van der Waals surface area contributed by atoms with Gasteiger partial charge in [0.1, 0.15) is 0 Å². The van der Waals surface area contributed by atoms with Gasteiger partial charge in [-0.1, -0.05) is 37.1 Å². The number of rotatable bonds is 8. The molecule has 0 atom stereocenters. The summed E-state index contributed by atoms with van der Waals surface area (Å²) in [6, 6.07) is 11.1. The Morgan fingerprint density at radius 2 is 1.88 bits per heavy atom. The molecule has 9 heteroatoms. The van der Waals surface area contributed by atoms with Crippen LogP contribution < -0.4 is 15.8 Å². The molecule has 3 N–H and O–H groups in total. The van der Waals surface area contributed by atoms with Crippen molar-refractivity contribution < 1.29 is 9.53 Å². The number of nitrogens with zero attached hydrogens (tertiary/aromatic N) is 5. The number of nitrogens with one attached hydrogen (secondary N) is 1. The van der Waals surface area contributed by atoms with Gasteiger partial charge < -0.3 is 15.8 Å². The summed E-state index contributed by atoms with van der Waals surface area (Å²) in [6.45, 7) is 7.07. The molecule has 0 radical (unpaired) electrons. The molecule has 0 bridgehead atoms. The van der Waals surface area contributed by atoms with E-state index in [0.29, 0.717) is 29.2 Å². The van der Waals surface area contributed by atoms with Crippen LogP contribution in [0.15, 0.2) is 42.6 Å². The molecular weight excluding hydrogens is 418 g/mol. The first-order valence-electron chi connectivity index (χ1n) is 10.9. The van der Waals surface area contributed by atoms with Crippen molar-refractivity contribution in [1.82, 2.24) is 24.5 Å². The van der Waals surface area contributed by atoms with Crippen LogP contribution in [0.1, 0.15) is 46.9 Å². The summed E-state index contributed by atoms with van der Waals surface area (Å²) in [5.74, 6) is 0.113. The number of carbonyl (C=O) groups is 1. The Balaban J connectivity index is 1.74. The zero-order valence-electron chi connectivity index (χ0n) is 19.0. The average Bonchev–Trinajstić information content (AvgIpc) is 3.13. The van der Waals surface area contributed by atoms with Crippen LogP contribution in [-0.2, 0) is 6.54 Å². The minimum Gasteiger partial charge on any atom is -0.388 e. The highest BCUT2D eigenvalue weighted by Gasteiger charge is 2.21. The first kappa shape index (κ1) is 22.2. The number of aromatic nitrogens is 5. The average molecular weight is 446 g/mol. The van der Waals surface area contributed by atoms with Crippen LogP contribution in [0, 0.1) is 13.8 Å². The van der Waals surface area contributed by atoms with E-state index in [0.717, 1.165) is 36.2 Å². The lowest BCUT2D eigenvalue weighted by Gasteiger charge is -2.10. The molecule has 1 aromatic carbocycles. The van der Waals surface area contributed by atoms with E-state index >= 15 is 0 Å². The smallest absolute Gasteiger partial charge is 0.345 e. The fourth-order valence-electron chi connectivity index (χ4n) is 3.28. The first-order valence-corrected chi connectivity index (χ1v) is 10.9. The summed E-state index contributed by atoms with van der Waals surface area (Å²) in [5, 5.41) is 3.19. The van der Waals surface area contributed by atoms with Crippen molar-refractivity contribution in [2.45, 2.75) is 40.2 Å². The molecule has 0 aliphatic rings. The van der Waals surface area contributed by atoms with Crippen LogP contribution >= 0.6 is 0 Å². The minimum absolute atomic E-state index is 0.0999. The fraction of sp³-hybridized carbons (Fsp3) is 0.292. The van der Waals surface area contributed by atoms with Crippen molar-refractivity contribution in [3.05, 3.63) is 65.0 Å². The predicted octanol–water partition coefficient (Wildman–Crippen LogP) is 3.90. The molecule has 0 spiro atoms. The lowest BCUT2D eigenvalue weighted by Crippen LogP contribution is -2.13. The van der Waals surface area contributed by atoms with E-state index in [2.05, 4.69) is 32.2 Å². The molecule has 0 aliphatic heterocycles. The number of imidazole rings is 1. The molecule has 170 valence electrons. The number of hydrogen-bond acceptors (Lipinski definition) is 8. The number of carbonyl (C=O) groups excluding carboxylic acids is 1. The van der Waals surface area contributed by atoms with E-state index in [1.807, 2.05) is 38.1 Å². The van der Waals surface area contributed by atoms with Gasteiger partial charge >= 0.3 is 12.0 Å². The highest BCUT2D eigenvalue weighted by Crippen LogP contribution is 2.26. The van der Waals surface area contributed by atoms with E-state index < -0.39 is 5.97 Å². The van der Waals surface area contributed by atoms with Crippen LogP contribution in [0.3, 0.4) is 0 Å². The number of nitrogen functional groups attached to an aromatic ring is 1. The Labute approximate surface area is 192 Å². The number of unbranched alkanes of at least 4 members (excludes halogenated alkanes) is 1. The Kier molecular flexibility index (Phi) is 6.48. The van der Waals surface area contributed by atoms with Gasteiger partial charge in [0.05, 0.1) is 12.1 Å². The van der Waals surface area contributed by atoms with Crippen LogP contribution in [0.4, 0.5) is 11.8 Å². The van der Waals surface area contributed by atoms with E-state index in [1.54, 1.807) is 22.9 Å². The summed E-state index contributed by atoms with van der Waals surface area (Å²) in [4.78, 5) is 30.6. The molecule has 0 saturated heterocycles. The zero-order valence-corrected chi connectivity index (χ0v) is 19.0. The van der Waals surface area contributed by atoms with Gasteiger partial charge in [-0.05, 0) is 44.0 Å². The van der Waals surface area contributed by atoms with Gasteiger partial charge in [0.15, 0.2) is 17.0 Å². The molecule has 4 rings (SSSR count). The molecule has 3 aromatic heterocycles. The van der Waals surface area contributed by atoms with Crippen LogP contribution in [-0.4, -0.2) is 37.0 Å². The van der Waals surface area contributed by atoms with Crippen molar-refractivity contribution in [3.8, 4) is 6.01 Å². The van der Waals surface area contributed by atoms with Crippen molar-refractivity contribution in [2.75, 3.05) is 17.6 Å². The number of ether oxygens (including phenoxy) is 1.